The van der Waals surface area contributed by atoms with Crippen molar-refractivity contribution in [3.63, 3.8) is 0 Å². The number of aryl methyl sites for hydroxylation is 2. The summed E-state index contributed by atoms with van der Waals surface area (Å²) in [4.78, 5) is 30.3. The molecule has 54 heavy (non-hydrogen) atoms. The van der Waals surface area contributed by atoms with E-state index < -0.39 is 21.7 Å². The fourth-order valence-electron chi connectivity index (χ4n) is 9.84. The van der Waals surface area contributed by atoms with Gasteiger partial charge < -0.3 is 23.8 Å². The molecule has 4 heterocycles. The summed E-state index contributed by atoms with van der Waals surface area (Å²) in [6.07, 6.45) is 8.08. The van der Waals surface area contributed by atoms with E-state index in [1.54, 1.807) is 13.1 Å². The topological polar surface area (TPSA) is 134 Å². The molecular formula is C40H50ClN5O7S. The van der Waals surface area contributed by atoms with Gasteiger partial charge in [0.2, 0.25) is 5.88 Å². The highest BCUT2D eigenvalue weighted by Gasteiger charge is 2.46. The molecule has 8 rings (SSSR count). The first-order chi connectivity index (χ1) is 26.0. The summed E-state index contributed by atoms with van der Waals surface area (Å²) in [5.74, 6) is -0.0558. The molecule has 1 saturated heterocycles. The average Bonchev–Trinajstić information content (AvgIpc) is 3.73. The lowest BCUT2D eigenvalue weighted by atomic mass is 9.67. The van der Waals surface area contributed by atoms with E-state index in [-0.39, 0.29) is 52.2 Å². The van der Waals surface area contributed by atoms with Gasteiger partial charge >= 0.3 is 0 Å². The largest absolute Gasteiger partial charge is 0.490 e. The molecule has 5 aliphatic rings. The Kier molecular flexibility index (Phi) is 10.2. The highest BCUT2D eigenvalue weighted by atomic mass is 35.5. The maximum Gasteiger partial charge on any atom is 0.286 e. The number of nitrogens with one attached hydrogen (secondary N) is 1. The Balaban J connectivity index is 1.22. The van der Waals surface area contributed by atoms with Crippen molar-refractivity contribution >= 4 is 39.0 Å². The van der Waals surface area contributed by atoms with Gasteiger partial charge in [0.15, 0.2) is 0 Å². The summed E-state index contributed by atoms with van der Waals surface area (Å²) < 4.78 is 48.0. The molecule has 1 aromatic heterocycles. The molecule has 8 atom stereocenters. The van der Waals surface area contributed by atoms with Crippen LogP contribution in [0.4, 0.5) is 5.69 Å². The number of rotatable bonds is 4. The van der Waals surface area contributed by atoms with E-state index in [4.69, 9.17) is 30.5 Å². The number of nitrogens with zero attached hydrogens (tertiary/aromatic N) is 4. The van der Waals surface area contributed by atoms with Crippen molar-refractivity contribution in [3.8, 4) is 11.6 Å². The van der Waals surface area contributed by atoms with Crippen molar-refractivity contribution < 1.29 is 32.7 Å². The fraction of sp³-hybridized carbons (Fsp3) is 0.575. The number of methoxy groups -OCH3 is 2. The van der Waals surface area contributed by atoms with E-state index in [0.717, 1.165) is 62.2 Å². The lowest BCUT2D eigenvalue weighted by molar-refractivity contribution is -0.0402. The molecular weight excluding hydrogens is 730 g/mol. The van der Waals surface area contributed by atoms with Crippen molar-refractivity contribution in [2.75, 3.05) is 51.2 Å². The van der Waals surface area contributed by atoms with Crippen molar-refractivity contribution in [1.29, 1.82) is 0 Å². The van der Waals surface area contributed by atoms with Crippen LogP contribution in [-0.4, -0.2) is 84.3 Å². The van der Waals surface area contributed by atoms with Crippen molar-refractivity contribution in [1.82, 2.24) is 14.5 Å². The molecule has 2 aromatic carbocycles. The third kappa shape index (κ3) is 7.01. The number of hydrogen-bond donors (Lipinski definition) is 1. The van der Waals surface area contributed by atoms with E-state index in [2.05, 4.69) is 31.2 Å². The molecule has 0 radical (unpaired) electrons. The number of aromatic nitrogens is 2. The van der Waals surface area contributed by atoms with Crippen molar-refractivity contribution in [2.45, 2.75) is 69.5 Å². The summed E-state index contributed by atoms with van der Waals surface area (Å²) >= 11 is 6.49. The first-order valence-electron chi connectivity index (χ1n) is 19.1. The van der Waals surface area contributed by atoms with Gasteiger partial charge in [0.1, 0.15) is 21.2 Å². The standard InChI is InChI=1S/C40H50ClN5O7S/c1-24-21-54(49,44-38(48)31-20-45(2)42-39(31)51-4)43-37(47)27-8-12-34-33(17-27)46(19-28-7-10-30(28)35(50-3)18-26-13-15-52-36(24)26)22-40(23-53-34)14-5-6-25-16-29(41)9-11-32(25)40/h8-9,11-12,16-17,20,24,26,28,30,35-36H,5-7,10,13-15,18-19,21-23H2,1-4H3,(H,43,44,47,48,49)/t24-,26-,28+,30-,35+,36-,40+,54?/m1/s1. The minimum absolute atomic E-state index is 0.0342. The molecule has 3 aromatic rings. The fourth-order valence-corrected chi connectivity index (χ4v) is 11.9. The Morgan fingerprint density at radius 1 is 1.13 bits per heavy atom. The van der Waals surface area contributed by atoms with Gasteiger partial charge in [-0.15, -0.1) is 9.46 Å². The number of carbonyl (C=O) groups is 2. The smallest absolute Gasteiger partial charge is 0.286 e. The number of carbonyl (C=O) groups excluding carboxylic acids is 2. The number of amides is 2. The number of ether oxygens (including phenoxy) is 4. The molecule has 2 amide bonds. The Morgan fingerprint density at radius 3 is 2.76 bits per heavy atom. The van der Waals surface area contributed by atoms with Gasteiger partial charge in [-0.2, -0.15) is 0 Å². The molecule has 12 nitrogen and oxygen atoms in total. The van der Waals surface area contributed by atoms with Gasteiger partial charge in [-0.25, -0.2) is 4.21 Å². The molecule has 2 aliphatic carbocycles. The highest BCUT2D eigenvalue weighted by Crippen LogP contribution is 2.48. The third-order valence-corrected chi connectivity index (χ3v) is 14.7. The molecule has 1 spiro atoms. The van der Waals surface area contributed by atoms with E-state index in [9.17, 15) is 13.8 Å². The van der Waals surface area contributed by atoms with Crippen LogP contribution in [0.2, 0.25) is 5.02 Å². The zero-order valence-electron chi connectivity index (χ0n) is 31.4. The lowest BCUT2D eigenvalue weighted by Crippen LogP contribution is -2.50. The van der Waals surface area contributed by atoms with Gasteiger partial charge in [0, 0.05) is 56.1 Å². The van der Waals surface area contributed by atoms with Crippen LogP contribution in [0.5, 0.6) is 11.6 Å². The van der Waals surface area contributed by atoms with E-state index in [1.165, 1.54) is 29.1 Å². The summed E-state index contributed by atoms with van der Waals surface area (Å²) in [7, 11) is 1.20. The van der Waals surface area contributed by atoms with Crippen molar-refractivity contribution in [3.05, 3.63) is 69.9 Å². The Morgan fingerprint density at radius 2 is 1.98 bits per heavy atom. The second-order valence-electron chi connectivity index (χ2n) is 16.0. The molecule has 1 unspecified atom stereocenters. The molecule has 1 saturated carbocycles. The minimum atomic E-state index is -3.68. The molecule has 14 heteroatoms. The average molecular weight is 780 g/mol. The van der Waals surface area contributed by atoms with E-state index in [0.29, 0.717) is 37.3 Å². The zero-order chi connectivity index (χ0) is 37.8. The Hall–Kier alpha value is -3.65. The van der Waals surface area contributed by atoms with Crippen LogP contribution in [0.1, 0.15) is 77.3 Å². The number of anilines is 1. The number of hydrogen-bond acceptors (Lipinski definition) is 9. The normalized spacial score (nSPS) is 32.2. The van der Waals surface area contributed by atoms with Gasteiger partial charge in [-0.3, -0.25) is 19.0 Å². The van der Waals surface area contributed by atoms with Crippen LogP contribution in [0.15, 0.2) is 47.0 Å². The Bertz CT molecular complexity index is 2060. The number of fused-ring (bicyclic) bond motifs is 5. The number of halogens is 1. The molecule has 2 bridgehead atoms. The first kappa shape index (κ1) is 37.3. The Labute approximate surface area is 322 Å². The monoisotopic (exact) mass is 779 g/mol. The summed E-state index contributed by atoms with van der Waals surface area (Å²) in [6, 6.07) is 11.6. The quantitative estimate of drug-likeness (QED) is 0.339. The molecule has 3 aliphatic heterocycles. The highest BCUT2D eigenvalue weighted by molar-refractivity contribution is 7.92. The van der Waals surface area contributed by atoms with Gasteiger partial charge in [0.25, 0.3) is 11.8 Å². The van der Waals surface area contributed by atoms with E-state index >= 15 is 0 Å². The SMILES string of the molecule is COc1nn(C)cc1C(=O)NS1(=O)=NC(=O)c2ccc3c(c2)N(C[C@@H]2CC[C@H]2[C@@H](OC)C[C@H]2CCO[C@@H]2[C@H](C)C1)C[C@@]1(CCCc2cc(Cl)ccc21)CO3. The van der Waals surface area contributed by atoms with Crippen molar-refractivity contribution in [2.24, 2.45) is 35.1 Å². The van der Waals surface area contributed by atoms with Crippen LogP contribution in [0, 0.1) is 23.7 Å². The second kappa shape index (κ2) is 14.8. The summed E-state index contributed by atoms with van der Waals surface area (Å²) in [5, 5.41) is 4.92. The predicted octanol–water partition coefficient (Wildman–Crippen LogP) is 5.99. The predicted molar refractivity (Wildman–Crippen MR) is 206 cm³/mol. The third-order valence-electron chi connectivity index (χ3n) is 12.6. The second-order valence-corrected chi connectivity index (χ2v) is 18.5. The zero-order valence-corrected chi connectivity index (χ0v) is 33.0. The maximum absolute atomic E-state index is 14.9. The molecule has 1 N–H and O–H groups in total. The molecule has 290 valence electrons. The van der Waals surface area contributed by atoms with Gasteiger partial charge in [-0.05, 0) is 110 Å². The number of benzene rings is 2. The van der Waals surface area contributed by atoms with Crippen LogP contribution >= 0.6 is 11.6 Å². The van der Waals surface area contributed by atoms with Gasteiger partial charge in [-0.1, -0.05) is 24.6 Å². The van der Waals surface area contributed by atoms with Gasteiger partial charge in [0.05, 0.1) is 37.4 Å². The maximum atomic E-state index is 14.9. The van der Waals surface area contributed by atoms with Crippen LogP contribution < -0.4 is 19.1 Å². The minimum Gasteiger partial charge on any atom is -0.490 e. The lowest BCUT2D eigenvalue weighted by Gasteiger charge is -2.47. The van der Waals surface area contributed by atoms with Crippen LogP contribution in [-0.2, 0) is 38.3 Å². The summed E-state index contributed by atoms with van der Waals surface area (Å²) in [6.45, 7) is 4.52. The van der Waals surface area contributed by atoms with Crippen LogP contribution in [0.25, 0.3) is 0 Å². The van der Waals surface area contributed by atoms with E-state index in [1.807, 2.05) is 32.2 Å². The summed E-state index contributed by atoms with van der Waals surface area (Å²) in [5.41, 5.74) is 3.43. The first-order valence-corrected chi connectivity index (χ1v) is 21.2. The van der Waals surface area contributed by atoms with Crippen LogP contribution in [0.3, 0.4) is 0 Å². The molecule has 2 fully saturated rings.